The van der Waals surface area contributed by atoms with E-state index in [4.69, 9.17) is 0 Å². The Morgan fingerprint density at radius 3 is 2.15 bits per heavy atom. The highest BCUT2D eigenvalue weighted by atomic mass is 16.2. The van der Waals surface area contributed by atoms with Gasteiger partial charge in [0.05, 0.1) is 12.3 Å². The zero-order valence-corrected chi connectivity index (χ0v) is 15.6. The zero-order valence-electron chi connectivity index (χ0n) is 15.6. The fraction of sp³-hybridized carbons (Fsp3) is 0.286. The van der Waals surface area contributed by atoms with Gasteiger partial charge in [-0.15, -0.1) is 0 Å². The van der Waals surface area contributed by atoms with Gasteiger partial charge < -0.3 is 5.32 Å². The SMILES string of the molecule is C[C@H](NC(=O)C(=O)N/N=C\c1ccc(C(C)(C)C)cc1)c1ccccc1. The molecule has 1 atom stereocenters. The molecule has 2 N–H and O–H groups in total. The van der Waals surface area contributed by atoms with Gasteiger partial charge in [-0.2, -0.15) is 5.10 Å². The van der Waals surface area contributed by atoms with E-state index in [9.17, 15) is 9.59 Å². The molecule has 0 aliphatic rings. The van der Waals surface area contributed by atoms with Gasteiger partial charge in [0.2, 0.25) is 0 Å². The summed E-state index contributed by atoms with van der Waals surface area (Å²) in [5.41, 5.74) is 5.32. The van der Waals surface area contributed by atoms with Crippen LogP contribution in [0.2, 0.25) is 0 Å². The molecule has 0 aliphatic heterocycles. The van der Waals surface area contributed by atoms with Crippen molar-refractivity contribution in [1.29, 1.82) is 0 Å². The number of hydrogen-bond donors (Lipinski definition) is 2. The van der Waals surface area contributed by atoms with E-state index < -0.39 is 11.8 Å². The lowest BCUT2D eigenvalue weighted by Crippen LogP contribution is -2.39. The second-order valence-electron chi connectivity index (χ2n) is 7.18. The first-order valence-corrected chi connectivity index (χ1v) is 8.57. The molecule has 0 fully saturated rings. The highest BCUT2D eigenvalue weighted by Gasteiger charge is 2.16. The monoisotopic (exact) mass is 351 g/mol. The molecule has 0 saturated carbocycles. The van der Waals surface area contributed by atoms with Crippen LogP contribution in [0, 0.1) is 0 Å². The van der Waals surface area contributed by atoms with Crippen molar-refractivity contribution in [3.63, 3.8) is 0 Å². The van der Waals surface area contributed by atoms with Gasteiger partial charge in [0.25, 0.3) is 0 Å². The number of benzene rings is 2. The second-order valence-corrected chi connectivity index (χ2v) is 7.18. The van der Waals surface area contributed by atoms with Crippen LogP contribution in [0.3, 0.4) is 0 Å². The normalized spacial score (nSPS) is 12.6. The van der Waals surface area contributed by atoms with Crippen LogP contribution >= 0.6 is 0 Å². The Balaban J connectivity index is 1.87. The maximum atomic E-state index is 11.9. The van der Waals surface area contributed by atoms with Gasteiger partial charge in [-0.05, 0) is 29.0 Å². The summed E-state index contributed by atoms with van der Waals surface area (Å²) in [5, 5.41) is 6.49. The molecule has 136 valence electrons. The molecule has 0 spiro atoms. The zero-order chi connectivity index (χ0) is 19.2. The lowest BCUT2D eigenvalue weighted by molar-refractivity contribution is -0.139. The van der Waals surface area contributed by atoms with Crippen LogP contribution in [0.1, 0.15) is 50.4 Å². The number of carbonyl (C=O) groups is 2. The number of carbonyl (C=O) groups excluding carboxylic acids is 2. The summed E-state index contributed by atoms with van der Waals surface area (Å²) in [5.74, 6) is -1.52. The van der Waals surface area contributed by atoms with Gasteiger partial charge in [0, 0.05) is 0 Å². The Morgan fingerprint density at radius 1 is 0.962 bits per heavy atom. The largest absolute Gasteiger partial charge is 0.341 e. The second kappa shape index (κ2) is 8.43. The fourth-order valence-electron chi connectivity index (χ4n) is 2.37. The number of hydrogen-bond acceptors (Lipinski definition) is 3. The van der Waals surface area contributed by atoms with E-state index in [1.54, 1.807) is 0 Å². The van der Waals surface area contributed by atoms with Gasteiger partial charge in [0.15, 0.2) is 0 Å². The fourth-order valence-corrected chi connectivity index (χ4v) is 2.37. The van der Waals surface area contributed by atoms with E-state index in [1.807, 2.05) is 61.5 Å². The Morgan fingerprint density at radius 2 is 1.58 bits per heavy atom. The summed E-state index contributed by atoms with van der Waals surface area (Å²) >= 11 is 0. The predicted molar refractivity (Wildman–Crippen MR) is 104 cm³/mol. The first-order chi connectivity index (χ1) is 12.3. The van der Waals surface area contributed by atoms with Crippen molar-refractivity contribution < 1.29 is 9.59 Å². The molecule has 26 heavy (non-hydrogen) atoms. The standard InChI is InChI=1S/C21H25N3O2/c1-15(17-8-6-5-7-9-17)23-19(25)20(26)24-22-14-16-10-12-18(13-11-16)21(2,3)4/h5-15H,1-4H3,(H,23,25)(H,24,26)/b22-14-/t15-/m0/s1. The minimum Gasteiger partial charge on any atom is -0.341 e. The predicted octanol–water partition coefficient (Wildman–Crippen LogP) is 3.31. The molecule has 0 saturated heterocycles. The van der Waals surface area contributed by atoms with Crippen molar-refractivity contribution >= 4 is 18.0 Å². The van der Waals surface area contributed by atoms with E-state index in [0.29, 0.717) is 0 Å². The molecule has 5 nitrogen and oxygen atoms in total. The van der Waals surface area contributed by atoms with Crippen LogP contribution in [-0.4, -0.2) is 18.0 Å². The molecular formula is C21H25N3O2. The average molecular weight is 351 g/mol. The lowest BCUT2D eigenvalue weighted by atomic mass is 9.87. The van der Waals surface area contributed by atoms with Gasteiger partial charge >= 0.3 is 11.8 Å². The maximum Gasteiger partial charge on any atom is 0.329 e. The van der Waals surface area contributed by atoms with Crippen molar-refractivity contribution in [2.24, 2.45) is 5.10 Å². The molecule has 2 rings (SSSR count). The third kappa shape index (κ3) is 5.55. The maximum absolute atomic E-state index is 11.9. The minimum absolute atomic E-state index is 0.0808. The highest BCUT2D eigenvalue weighted by molar-refractivity contribution is 6.35. The summed E-state index contributed by atoms with van der Waals surface area (Å²) in [6, 6.07) is 17.1. The Bertz CT molecular complexity index is 775. The molecule has 0 aromatic heterocycles. The molecule has 0 radical (unpaired) electrons. The van der Waals surface area contributed by atoms with Crippen LogP contribution in [0.4, 0.5) is 0 Å². The number of hydrazone groups is 1. The molecule has 0 bridgehead atoms. The molecular weight excluding hydrogens is 326 g/mol. The number of nitrogens with one attached hydrogen (secondary N) is 2. The topological polar surface area (TPSA) is 70.6 Å². The smallest absolute Gasteiger partial charge is 0.329 e. The van der Waals surface area contributed by atoms with Crippen molar-refractivity contribution in [1.82, 2.24) is 10.7 Å². The van der Waals surface area contributed by atoms with Gasteiger partial charge in [0.1, 0.15) is 0 Å². The third-order valence-corrected chi connectivity index (χ3v) is 4.01. The summed E-state index contributed by atoms with van der Waals surface area (Å²) in [4.78, 5) is 23.8. The van der Waals surface area contributed by atoms with E-state index in [0.717, 1.165) is 11.1 Å². The average Bonchev–Trinajstić information content (AvgIpc) is 2.62. The van der Waals surface area contributed by atoms with Crippen LogP contribution in [0.25, 0.3) is 0 Å². The third-order valence-electron chi connectivity index (χ3n) is 4.01. The first-order valence-electron chi connectivity index (χ1n) is 8.57. The molecule has 2 aromatic rings. The van der Waals surface area contributed by atoms with E-state index in [-0.39, 0.29) is 11.5 Å². The number of nitrogens with zero attached hydrogens (tertiary/aromatic N) is 1. The Hall–Kier alpha value is -2.95. The molecule has 2 aromatic carbocycles. The number of amides is 2. The molecule has 2 amide bonds. The molecule has 0 heterocycles. The van der Waals surface area contributed by atoms with Crippen LogP contribution in [-0.2, 0) is 15.0 Å². The Labute approximate surface area is 154 Å². The van der Waals surface area contributed by atoms with Gasteiger partial charge in [-0.25, -0.2) is 5.43 Å². The lowest BCUT2D eigenvalue weighted by Gasteiger charge is -2.18. The van der Waals surface area contributed by atoms with Crippen molar-refractivity contribution in [3.05, 3.63) is 71.3 Å². The number of rotatable bonds is 4. The van der Waals surface area contributed by atoms with E-state index in [2.05, 4.69) is 36.6 Å². The van der Waals surface area contributed by atoms with Crippen molar-refractivity contribution in [2.75, 3.05) is 0 Å². The minimum atomic E-state index is -0.796. The Kier molecular flexibility index (Phi) is 6.28. The van der Waals surface area contributed by atoms with Crippen LogP contribution < -0.4 is 10.7 Å². The van der Waals surface area contributed by atoms with Crippen molar-refractivity contribution in [2.45, 2.75) is 39.2 Å². The van der Waals surface area contributed by atoms with Gasteiger partial charge in [-0.1, -0.05) is 75.4 Å². The van der Waals surface area contributed by atoms with E-state index in [1.165, 1.54) is 11.8 Å². The summed E-state index contributed by atoms with van der Waals surface area (Å²) in [7, 11) is 0. The van der Waals surface area contributed by atoms with Crippen LogP contribution in [0.15, 0.2) is 59.7 Å². The van der Waals surface area contributed by atoms with Crippen LogP contribution in [0.5, 0.6) is 0 Å². The highest BCUT2D eigenvalue weighted by Crippen LogP contribution is 2.21. The van der Waals surface area contributed by atoms with Crippen molar-refractivity contribution in [3.8, 4) is 0 Å². The van der Waals surface area contributed by atoms with E-state index >= 15 is 0 Å². The van der Waals surface area contributed by atoms with Gasteiger partial charge in [-0.3, -0.25) is 9.59 Å². The molecule has 5 heteroatoms. The quantitative estimate of drug-likeness (QED) is 0.504. The summed E-state index contributed by atoms with van der Waals surface area (Å²) < 4.78 is 0. The molecule has 0 unspecified atom stereocenters. The molecule has 0 aliphatic carbocycles. The summed E-state index contributed by atoms with van der Waals surface area (Å²) in [6.45, 7) is 8.25. The first kappa shape index (κ1) is 19.4. The summed E-state index contributed by atoms with van der Waals surface area (Å²) in [6.07, 6.45) is 1.51.